The van der Waals surface area contributed by atoms with Crippen LogP contribution in [-0.2, 0) is 0 Å². The summed E-state index contributed by atoms with van der Waals surface area (Å²) in [5, 5.41) is 0. The minimum Gasteiger partial charge on any atom is -0.397 e. The summed E-state index contributed by atoms with van der Waals surface area (Å²) < 4.78 is 0. The van der Waals surface area contributed by atoms with Crippen molar-refractivity contribution in [3.8, 4) is 0 Å². The van der Waals surface area contributed by atoms with Gasteiger partial charge in [0.2, 0.25) is 0 Å². The molecule has 0 aromatic carbocycles. The lowest BCUT2D eigenvalue weighted by atomic mass is 10.1. The third kappa shape index (κ3) is 3.09. The molecule has 1 aliphatic rings. The van der Waals surface area contributed by atoms with Crippen LogP contribution in [0.15, 0.2) is 65.0 Å². The lowest BCUT2D eigenvalue weighted by molar-refractivity contribution is 1.20. The molecule has 0 unspecified atom stereocenters. The Labute approximate surface area is 90.9 Å². The first kappa shape index (κ1) is 11.2. The molecule has 15 heavy (non-hydrogen) atoms. The molecule has 2 nitrogen and oxygen atoms in total. The number of aliphatic imine (C=N–C) groups is 1. The first-order valence-electron chi connectivity index (χ1n) is 4.87. The van der Waals surface area contributed by atoms with E-state index in [1.165, 1.54) is 0 Å². The Morgan fingerprint density at radius 3 is 2.67 bits per heavy atom. The molecule has 0 amide bonds. The van der Waals surface area contributed by atoms with E-state index in [-0.39, 0.29) is 0 Å². The van der Waals surface area contributed by atoms with Crippen molar-refractivity contribution in [3.63, 3.8) is 0 Å². The fourth-order valence-corrected chi connectivity index (χ4v) is 1.17. The van der Waals surface area contributed by atoms with E-state index in [4.69, 9.17) is 5.73 Å². The van der Waals surface area contributed by atoms with Crippen LogP contribution >= 0.6 is 0 Å². The van der Waals surface area contributed by atoms with E-state index < -0.39 is 0 Å². The lowest BCUT2D eigenvalue weighted by Crippen LogP contribution is -2.02. The molecular formula is C13H16N2. The molecule has 78 valence electrons. The van der Waals surface area contributed by atoms with Gasteiger partial charge in [-0.05, 0) is 31.6 Å². The molecule has 0 atom stereocenters. The number of rotatable bonds is 2. The van der Waals surface area contributed by atoms with Crippen molar-refractivity contribution < 1.29 is 0 Å². The van der Waals surface area contributed by atoms with Crippen molar-refractivity contribution >= 4 is 5.71 Å². The summed E-state index contributed by atoms with van der Waals surface area (Å²) >= 11 is 0. The smallest absolute Gasteiger partial charge is 0.0700 e. The first-order valence-corrected chi connectivity index (χ1v) is 4.87. The van der Waals surface area contributed by atoms with Crippen LogP contribution < -0.4 is 5.73 Å². The Balaban J connectivity index is 2.97. The van der Waals surface area contributed by atoms with Gasteiger partial charge in [0.15, 0.2) is 0 Å². The predicted molar refractivity (Wildman–Crippen MR) is 66.6 cm³/mol. The average Bonchev–Trinajstić information content (AvgIpc) is 2.21. The van der Waals surface area contributed by atoms with Crippen molar-refractivity contribution in [3.05, 3.63) is 60.0 Å². The van der Waals surface area contributed by atoms with E-state index in [1.807, 2.05) is 50.3 Å². The molecule has 2 N–H and O–H groups in total. The Bertz CT molecular complexity index is 404. The normalized spacial score (nSPS) is 20.1. The SMILES string of the molecule is C=C1C=CC=C/C1=N/C(C)=C(N)/C=C/C. The predicted octanol–water partition coefficient (Wildman–Crippen LogP) is 2.88. The van der Waals surface area contributed by atoms with Gasteiger partial charge in [0.05, 0.1) is 17.1 Å². The summed E-state index contributed by atoms with van der Waals surface area (Å²) in [4.78, 5) is 4.42. The highest BCUT2D eigenvalue weighted by Gasteiger charge is 2.01. The van der Waals surface area contributed by atoms with Crippen molar-refractivity contribution in [2.45, 2.75) is 13.8 Å². The summed E-state index contributed by atoms with van der Waals surface area (Å²) in [6.45, 7) is 7.72. The molecule has 0 saturated heterocycles. The molecular weight excluding hydrogens is 184 g/mol. The minimum atomic E-state index is 0.681. The monoisotopic (exact) mass is 200 g/mol. The molecule has 0 heterocycles. The maximum Gasteiger partial charge on any atom is 0.0700 e. The van der Waals surface area contributed by atoms with Gasteiger partial charge in [-0.1, -0.05) is 30.9 Å². The molecule has 0 bridgehead atoms. The summed E-state index contributed by atoms with van der Waals surface area (Å²) in [7, 11) is 0. The van der Waals surface area contributed by atoms with E-state index in [9.17, 15) is 0 Å². The Hall–Kier alpha value is -1.83. The van der Waals surface area contributed by atoms with E-state index in [1.54, 1.807) is 0 Å². The van der Waals surface area contributed by atoms with Crippen molar-refractivity contribution in [1.82, 2.24) is 0 Å². The highest BCUT2D eigenvalue weighted by molar-refractivity contribution is 6.11. The van der Waals surface area contributed by atoms with Gasteiger partial charge in [-0.3, -0.25) is 4.99 Å². The highest BCUT2D eigenvalue weighted by atomic mass is 14.8. The molecule has 1 aliphatic carbocycles. The highest BCUT2D eigenvalue weighted by Crippen LogP contribution is 2.10. The maximum atomic E-state index is 5.80. The van der Waals surface area contributed by atoms with Gasteiger partial charge in [0.1, 0.15) is 0 Å². The Kier molecular flexibility index (Phi) is 3.86. The van der Waals surface area contributed by atoms with E-state index in [0.717, 1.165) is 17.0 Å². The van der Waals surface area contributed by atoms with Crippen LogP contribution in [0.2, 0.25) is 0 Å². The van der Waals surface area contributed by atoms with Crippen molar-refractivity contribution in [2.75, 3.05) is 0 Å². The third-order valence-electron chi connectivity index (χ3n) is 2.04. The van der Waals surface area contributed by atoms with Gasteiger partial charge < -0.3 is 5.73 Å². The molecule has 0 aromatic heterocycles. The quantitative estimate of drug-likeness (QED) is 0.684. The van der Waals surface area contributed by atoms with Gasteiger partial charge in [-0.2, -0.15) is 0 Å². The third-order valence-corrected chi connectivity index (χ3v) is 2.04. The van der Waals surface area contributed by atoms with Crippen LogP contribution in [-0.4, -0.2) is 5.71 Å². The van der Waals surface area contributed by atoms with Gasteiger partial charge >= 0.3 is 0 Å². The van der Waals surface area contributed by atoms with Gasteiger partial charge in [0, 0.05) is 0 Å². The number of allylic oxidation sites excluding steroid dienone is 8. The standard InChI is InChI=1S/C13H16N2/c1-4-7-12(14)11(3)15-13-9-6-5-8-10(13)2/h4-9H,2,14H2,1,3H3/b7-4+,12-11-,15-13-. The summed E-state index contributed by atoms with van der Waals surface area (Å²) in [6.07, 6.45) is 11.5. The zero-order valence-corrected chi connectivity index (χ0v) is 9.20. The second-order valence-corrected chi connectivity index (χ2v) is 3.28. The largest absolute Gasteiger partial charge is 0.397 e. The topological polar surface area (TPSA) is 38.4 Å². The van der Waals surface area contributed by atoms with Gasteiger partial charge in [0.25, 0.3) is 0 Å². The molecule has 0 aromatic rings. The molecule has 1 rings (SSSR count). The fraction of sp³-hybridized carbons (Fsp3) is 0.154. The molecule has 0 radical (unpaired) electrons. The fourth-order valence-electron chi connectivity index (χ4n) is 1.17. The Morgan fingerprint density at radius 2 is 2.07 bits per heavy atom. The van der Waals surface area contributed by atoms with Crippen molar-refractivity contribution in [1.29, 1.82) is 0 Å². The van der Waals surface area contributed by atoms with Gasteiger partial charge in [-0.15, -0.1) is 0 Å². The molecule has 2 heteroatoms. The van der Waals surface area contributed by atoms with E-state index in [2.05, 4.69) is 11.6 Å². The second-order valence-electron chi connectivity index (χ2n) is 3.28. The molecule has 0 spiro atoms. The van der Waals surface area contributed by atoms with Gasteiger partial charge in [-0.25, -0.2) is 0 Å². The number of hydrogen-bond acceptors (Lipinski definition) is 2. The Morgan fingerprint density at radius 1 is 1.40 bits per heavy atom. The number of nitrogens with two attached hydrogens (primary N) is 1. The summed E-state index contributed by atoms with van der Waals surface area (Å²) in [6, 6.07) is 0. The molecule has 0 fully saturated rings. The van der Waals surface area contributed by atoms with Crippen LogP contribution in [0.5, 0.6) is 0 Å². The van der Waals surface area contributed by atoms with E-state index >= 15 is 0 Å². The van der Waals surface area contributed by atoms with Crippen LogP contribution in [0.1, 0.15) is 13.8 Å². The summed E-state index contributed by atoms with van der Waals surface area (Å²) in [5.74, 6) is 0. The molecule has 0 saturated carbocycles. The molecule has 0 aliphatic heterocycles. The van der Waals surface area contributed by atoms with Crippen LogP contribution in [0, 0.1) is 0 Å². The second kappa shape index (κ2) is 5.15. The van der Waals surface area contributed by atoms with Crippen LogP contribution in [0.25, 0.3) is 0 Å². The van der Waals surface area contributed by atoms with Crippen LogP contribution in [0.3, 0.4) is 0 Å². The minimum absolute atomic E-state index is 0.681. The zero-order valence-electron chi connectivity index (χ0n) is 9.20. The number of hydrogen-bond donors (Lipinski definition) is 1. The van der Waals surface area contributed by atoms with Crippen molar-refractivity contribution in [2.24, 2.45) is 10.7 Å². The first-order chi connectivity index (χ1) is 7.15. The zero-order chi connectivity index (χ0) is 11.3. The maximum absolute atomic E-state index is 5.80. The van der Waals surface area contributed by atoms with E-state index in [0.29, 0.717) is 5.70 Å². The summed E-state index contributed by atoms with van der Waals surface area (Å²) in [5.41, 5.74) is 9.07. The van der Waals surface area contributed by atoms with Crippen LogP contribution in [0.4, 0.5) is 0 Å². The average molecular weight is 200 g/mol. The lowest BCUT2D eigenvalue weighted by Gasteiger charge is -2.05. The number of nitrogens with zero attached hydrogens (tertiary/aromatic N) is 1.